The fourth-order valence-electron chi connectivity index (χ4n) is 5.38. The molecule has 0 amide bonds. The van der Waals surface area contributed by atoms with E-state index in [0.717, 1.165) is 55.2 Å². The molecule has 0 atom stereocenters. The summed E-state index contributed by atoms with van der Waals surface area (Å²) in [5, 5.41) is 3.51. The van der Waals surface area contributed by atoms with Gasteiger partial charge in [-0.2, -0.15) is 0 Å². The lowest BCUT2D eigenvalue weighted by molar-refractivity contribution is 0.337. The van der Waals surface area contributed by atoms with Crippen LogP contribution in [0.1, 0.15) is 54.7 Å². The highest BCUT2D eigenvalue weighted by Gasteiger charge is 2.26. The van der Waals surface area contributed by atoms with E-state index in [2.05, 4.69) is 65.7 Å². The first-order valence-corrected chi connectivity index (χ1v) is 12.9. The van der Waals surface area contributed by atoms with Crippen LogP contribution in [0.15, 0.2) is 54.7 Å². The van der Waals surface area contributed by atoms with Crippen LogP contribution < -0.4 is 19.7 Å². The number of hydrogen-bond donors (Lipinski definition) is 1. The highest BCUT2D eigenvalue weighted by atomic mass is 16.5. The molecule has 2 heterocycles. The molecule has 0 unspecified atom stereocenters. The van der Waals surface area contributed by atoms with Crippen LogP contribution in [-0.4, -0.2) is 38.3 Å². The molecule has 5 rings (SSSR count). The van der Waals surface area contributed by atoms with Gasteiger partial charge in [-0.15, -0.1) is 0 Å². The van der Waals surface area contributed by atoms with Gasteiger partial charge in [0.25, 0.3) is 0 Å². The number of anilines is 1. The third-order valence-corrected chi connectivity index (χ3v) is 7.64. The van der Waals surface area contributed by atoms with Crippen molar-refractivity contribution in [1.29, 1.82) is 0 Å². The topological polar surface area (TPSA) is 46.6 Å². The molecule has 0 radical (unpaired) electrons. The maximum absolute atomic E-state index is 5.76. The number of pyridine rings is 1. The van der Waals surface area contributed by atoms with E-state index < -0.39 is 0 Å². The Kier molecular flexibility index (Phi) is 7.24. The van der Waals surface area contributed by atoms with Crippen molar-refractivity contribution in [2.75, 3.05) is 32.2 Å². The Bertz CT molecular complexity index is 1130. The quantitative estimate of drug-likeness (QED) is 0.430. The van der Waals surface area contributed by atoms with Gasteiger partial charge in [0.15, 0.2) is 11.5 Å². The second kappa shape index (κ2) is 10.7. The summed E-state index contributed by atoms with van der Waals surface area (Å²) >= 11 is 0. The normalized spacial score (nSPS) is 16.5. The van der Waals surface area contributed by atoms with Crippen LogP contribution >= 0.6 is 0 Å². The van der Waals surface area contributed by atoms with E-state index in [1.165, 1.54) is 41.6 Å². The number of methoxy groups -OCH3 is 2. The highest BCUT2D eigenvalue weighted by Crippen LogP contribution is 2.46. The molecule has 0 bridgehead atoms. The van der Waals surface area contributed by atoms with Gasteiger partial charge in [-0.25, -0.2) is 0 Å². The summed E-state index contributed by atoms with van der Waals surface area (Å²) in [6, 6.07) is 18.2. The first-order chi connectivity index (χ1) is 17.2. The third kappa shape index (κ3) is 5.15. The molecule has 35 heavy (non-hydrogen) atoms. The molecule has 2 aromatic carbocycles. The lowest BCUT2D eigenvalue weighted by Gasteiger charge is -2.36. The molecule has 2 fully saturated rings. The van der Waals surface area contributed by atoms with E-state index in [1.807, 2.05) is 6.20 Å². The first-order valence-electron chi connectivity index (χ1n) is 12.9. The number of ether oxygens (including phenoxy) is 2. The molecule has 2 aliphatic rings. The van der Waals surface area contributed by atoms with Crippen LogP contribution in [-0.2, 0) is 6.54 Å². The minimum absolute atomic E-state index is 0.530. The second-order valence-electron chi connectivity index (χ2n) is 9.92. The largest absolute Gasteiger partial charge is 0.493 e. The number of hydrogen-bond acceptors (Lipinski definition) is 5. The van der Waals surface area contributed by atoms with Crippen molar-refractivity contribution >= 4 is 5.69 Å². The van der Waals surface area contributed by atoms with Crippen molar-refractivity contribution in [2.45, 2.75) is 57.5 Å². The predicted octanol–water partition coefficient (Wildman–Crippen LogP) is 6.10. The van der Waals surface area contributed by atoms with Gasteiger partial charge in [0.1, 0.15) is 0 Å². The van der Waals surface area contributed by atoms with E-state index in [4.69, 9.17) is 14.5 Å². The molecular formula is C30H37N3O2. The van der Waals surface area contributed by atoms with E-state index >= 15 is 0 Å². The first kappa shape index (κ1) is 23.7. The molecule has 184 valence electrons. The van der Waals surface area contributed by atoms with Crippen LogP contribution in [0.25, 0.3) is 11.3 Å². The van der Waals surface area contributed by atoms with Crippen molar-refractivity contribution in [3.05, 3.63) is 71.4 Å². The lowest BCUT2D eigenvalue weighted by Crippen LogP contribution is -2.43. The van der Waals surface area contributed by atoms with Gasteiger partial charge in [-0.05, 0) is 93.6 Å². The van der Waals surface area contributed by atoms with Crippen LogP contribution in [0.2, 0.25) is 0 Å². The van der Waals surface area contributed by atoms with Gasteiger partial charge in [-0.1, -0.05) is 24.1 Å². The Labute approximate surface area is 209 Å². The van der Waals surface area contributed by atoms with Gasteiger partial charge >= 0.3 is 0 Å². The Morgan fingerprint density at radius 1 is 0.943 bits per heavy atom. The van der Waals surface area contributed by atoms with E-state index in [0.29, 0.717) is 12.0 Å². The second-order valence-corrected chi connectivity index (χ2v) is 9.92. The fourth-order valence-corrected chi connectivity index (χ4v) is 5.38. The fraction of sp³-hybridized carbons (Fsp3) is 0.433. The maximum atomic E-state index is 5.76. The molecule has 1 aromatic heterocycles. The average Bonchev–Trinajstić information content (AvgIpc) is 2.87. The van der Waals surface area contributed by atoms with Gasteiger partial charge in [0.2, 0.25) is 0 Å². The van der Waals surface area contributed by atoms with E-state index in [1.54, 1.807) is 14.2 Å². The molecule has 5 heteroatoms. The molecule has 1 saturated heterocycles. The number of benzene rings is 2. The molecule has 0 spiro atoms. The Morgan fingerprint density at radius 2 is 1.71 bits per heavy atom. The number of aryl methyl sites for hydroxylation is 1. The van der Waals surface area contributed by atoms with Crippen LogP contribution in [0.5, 0.6) is 11.5 Å². The predicted molar refractivity (Wildman–Crippen MR) is 143 cm³/mol. The molecule has 1 aliphatic carbocycles. The minimum atomic E-state index is 0.530. The Hall–Kier alpha value is -3.05. The summed E-state index contributed by atoms with van der Waals surface area (Å²) in [6.07, 6.45) is 7.95. The van der Waals surface area contributed by atoms with Crippen molar-refractivity contribution in [2.24, 2.45) is 0 Å². The zero-order valence-corrected chi connectivity index (χ0v) is 21.2. The highest BCUT2D eigenvalue weighted by molar-refractivity contribution is 5.68. The Balaban J connectivity index is 1.47. The van der Waals surface area contributed by atoms with Gasteiger partial charge in [0.05, 0.1) is 19.9 Å². The zero-order chi connectivity index (χ0) is 24.2. The molecule has 3 aromatic rings. The molecular weight excluding hydrogens is 434 g/mol. The number of piperidine rings is 1. The summed E-state index contributed by atoms with van der Waals surface area (Å²) in [5.41, 5.74) is 7.18. The smallest absolute Gasteiger partial charge is 0.164 e. The van der Waals surface area contributed by atoms with Crippen molar-refractivity contribution in [1.82, 2.24) is 10.3 Å². The molecule has 1 saturated carbocycles. The molecule has 1 aliphatic heterocycles. The van der Waals surface area contributed by atoms with E-state index in [9.17, 15) is 0 Å². The Morgan fingerprint density at radius 3 is 2.37 bits per heavy atom. The van der Waals surface area contributed by atoms with Crippen LogP contribution in [0, 0.1) is 6.92 Å². The van der Waals surface area contributed by atoms with Crippen molar-refractivity contribution in [3.8, 4) is 22.8 Å². The maximum Gasteiger partial charge on any atom is 0.164 e. The summed E-state index contributed by atoms with van der Waals surface area (Å²) in [4.78, 5) is 7.34. The van der Waals surface area contributed by atoms with Gasteiger partial charge < -0.3 is 19.7 Å². The lowest BCUT2D eigenvalue weighted by atomic mass is 9.79. The summed E-state index contributed by atoms with van der Waals surface area (Å²) in [5.74, 6) is 2.20. The van der Waals surface area contributed by atoms with Gasteiger partial charge in [0, 0.05) is 35.6 Å². The summed E-state index contributed by atoms with van der Waals surface area (Å²) in [7, 11) is 3.45. The van der Waals surface area contributed by atoms with Crippen LogP contribution in [0.4, 0.5) is 5.69 Å². The zero-order valence-electron chi connectivity index (χ0n) is 21.2. The summed E-state index contributed by atoms with van der Waals surface area (Å²) < 4.78 is 11.5. The van der Waals surface area contributed by atoms with Crippen molar-refractivity contribution < 1.29 is 9.47 Å². The van der Waals surface area contributed by atoms with Crippen molar-refractivity contribution in [3.63, 3.8) is 0 Å². The number of nitrogens with one attached hydrogen (secondary N) is 1. The molecule has 5 nitrogen and oxygen atoms in total. The standard InChI is InChI=1S/C30H37N3O2/c1-21-7-9-25(10-8-21)33(26-12-14-31-15-13-26)20-22-11-16-32-28(17-22)24-18-27(23-5-4-6-23)30(35-3)29(19-24)34-2/h7-11,16-19,23,26,31H,4-6,12-15,20H2,1-3H3. The minimum Gasteiger partial charge on any atom is -0.493 e. The number of rotatable bonds is 8. The average molecular weight is 472 g/mol. The summed E-state index contributed by atoms with van der Waals surface area (Å²) in [6.45, 7) is 5.16. The number of nitrogens with zero attached hydrogens (tertiary/aromatic N) is 2. The molecule has 1 N–H and O–H groups in total. The SMILES string of the molecule is COc1cc(-c2cc(CN(c3ccc(C)cc3)C3CCNCC3)ccn2)cc(C2CCC2)c1OC. The monoisotopic (exact) mass is 471 g/mol. The number of aromatic nitrogens is 1. The van der Waals surface area contributed by atoms with Gasteiger partial charge in [-0.3, -0.25) is 4.98 Å². The third-order valence-electron chi connectivity index (χ3n) is 7.64. The van der Waals surface area contributed by atoms with Crippen LogP contribution in [0.3, 0.4) is 0 Å². The van der Waals surface area contributed by atoms with E-state index in [-0.39, 0.29) is 0 Å².